The highest BCUT2D eigenvalue weighted by Gasteiger charge is 2.15. The molecule has 8 nitrogen and oxygen atoms in total. The lowest BCUT2D eigenvalue weighted by molar-refractivity contribution is -0.144. The molecule has 0 saturated carbocycles. The fourth-order valence-electron chi connectivity index (χ4n) is 2.59. The number of hydrogen-bond acceptors (Lipinski definition) is 6. The van der Waals surface area contributed by atoms with Gasteiger partial charge in [-0.25, -0.2) is 8.42 Å². The maximum Gasteiger partial charge on any atom is 0.306 e. The van der Waals surface area contributed by atoms with Gasteiger partial charge in [0.15, 0.2) is 5.11 Å². The third-order valence-electron chi connectivity index (χ3n) is 4.46. The highest BCUT2D eigenvalue weighted by Crippen LogP contribution is 2.20. The summed E-state index contributed by atoms with van der Waals surface area (Å²) in [6, 6.07) is 11.3. The topological polar surface area (TPSA) is 114 Å². The minimum Gasteiger partial charge on any atom is -0.466 e. The first-order valence-corrected chi connectivity index (χ1v) is 12.0. The van der Waals surface area contributed by atoms with Crippen LogP contribution in [0, 0.1) is 13.8 Å². The molecule has 0 bridgehead atoms. The lowest BCUT2D eigenvalue weighted by Crippen LogP contribution is -2.34. The zero-order chi connectivity index (χ0) is 23.7. The number of anilines is 2. The van der Waals surface area contributed by atoms with E-state index in [1.165, 1.54) is 24.3 Å². The van der Waals surface area contributed by atoms with E-state index in [1.54, 1.807) is 12.1 Å². The van der Waals surface area contributed by atoms with Crippen molar-refractivity contribution in [2.75, 3.05) is 16.6 Å². The lowest BCUT2D eigenvalue weighted by Gasteiger charge is -2.12. The number of rotatable bonds is 9. The zero-order valence-corrected chi connectivity index (χ0v) is 19.9. The monoisotopic (exact) mass is 477 g/mol. The molecule has 0 aromatic heterocycles. The standard InChI is InChI=1S/C22H27N3O5S2/c1-4-13-30-21(27)12-11-20(26)24-22(31)23-17-7-9-19(10-8-17)32(28,29)25-18-6-5-15(2)16(3)14-18/h5-10,14,25H,4,11-13H2,1-3H3,(H2,23,24,26,31). The van der Waals surface area contributed by atoms with Crippen molar-refractivity contribution in [1.29, 1.82) is 0 Å². The molecule has 172 valence electrons. The maximum absolute atomic E-state index is 12.6. The van der Waals surface area contributed by atoms with E-state index in [4.69, 9.17) is 17.0 Å². The molecule has 0 unspecified atom stereocenters. The van der Waals surface area contributed by atoms with Crippen LogP contribution in [0.5, 0.6) is 0 Å². The van der Waals surface area contributed by atoms with Crippen LogP contribution < -0.4 is 15.4 Å². The molecule has 32 heavy (non-hydrogen) atoms. The Hall–Kier alpha value is -2.98. The molecule has 0 aliphatic carbocycles. The van der Waals surface area contributed by atoms with E-state index in [9.17, 15) is 18.0 Å². The van der Waals surface area contributed by atoms with Gasteiger partial charge in [-0.15, -0.1) is 0 Å². The van der Waals surface area contributed by atoms with Crippen LogP contribution in [0.1, 0.15) is 37.3 Å². The van der Waals surface area contributed by atoms with Gasteiger partial charge in [0.2, 0.25) is 5.91 Å². The molecule has 0 radical (unpaired) electrons. The number of ether oxygens (including phenoxy) is 1. The third kappa shape index (κ3) is 7.93. The number of sulfonamides is 1. The van der Waals surface area contributed by atoms with Crippen molar-refractivity contribution in [3.63, 3.8) is 0 Å². The quantitative estimate of drug-likeness (QED) is 0.373. The Balaban J connectivity index is 1.89. The van der Waals surface area contributed by atoms with Crippen LogP contribution in [0.15, 0.2) is 47.4 Å². The Bertz CT molecular complexity index is 1080. The Morgan fingerprint density at radius 1 is 0.969 bits per heavy atom. The number of aryl methyl sites for hydroxylation is 2. The van der Waals surface area contributed by atoms with Gasteiger partial charge < -0.3 is 15.4 Å². The number of esters is 1. The van der Waals surface area contributed by atoms with Crippen molar-refractivity contribution in [2.45, 2.75) is 44.9 Å². The highest BCUT2D eigenvalue weighted by atomic mass is 32.2. The fourth-order valence-corrected chi connectivity index (χ4v) is 3.87. The predicted octanol–water partition coefficient (Wildman–Crippen LogP) is 3.65. The molecule has 0 heterocycles. The molecule has 2 aromatic carbocycles. The molecule has 0 aliphatic rings. The summed E-state index contributed by atoms with van der Waals surface area (Å²) >= 11 is 5.09. The van der Waals surface area contributed by atoms with Crippen molar-refractivity contribution in [3.05, 3.63) is 53.6 Å². The minimum atomic E-state index is -3.75. The number of amides is 1. The van der Waals surface area contributed by atoms with Crippen molar-refractivity contribution in [3.8, 4) is 0 Å². The summed E-state index contributed by atoms with van der Waals surface area (Å²) in [5.74, 6) is -0.861. The molecule has 2 rings (SSSR count). The van der Waals surface area contributed by atoms with Gasteiger partial charge in [0.1, 0.15) is 0 Å². The summed E-state index contributed by atoms with van der Waals surface area (Å²) < 4.78 is 32.7. The number of hydrogen-bond donors (Lipinski definition) is 3. The number of carbonyl (C=O) groups excluding carboxylic acids is 2. The summed E-state index contributed by atoms with van der Waals surface area (Å²) in [6.45, 7) is 6.07. The second-order valence-corrected chi connectivity index (χ2v) is 9.24. The van der Waals surface area contributed by atoms with Crippen molar-refractivity contribution >= 4 is 50.6 Å². The summed E-state index contributed by atoms with van der Waals surface area (Å²) in [5.41, 5.74) is 3.04. The van der Waals surface area contributed by atoms with E-state index in [1.807, 2.05) is 26.8 Å². The van der Waals surface area contributed by atoms with Gasteiger partial charge in [0.25, 0.3) is 10.0 Å². The number of thiocarbonyl (C=S) groups is 1. The Labute approximate surface area is 193 Å². The van der Waals surface area contributed by atoms with Crippen LogP contribution in [0.3, 0.4) is 0 Å². The third-order valence-corrected chi connectivity index (χ3v) is 6.06. The fraction of sp³-hybridized carbons (Fsp3) is 0.318. The van der Waals surface area contributed by atoms with Crippen LogP contribution in [0.4, 0.5) is 11.4 Å². The SMILES string of the molecule is CCCOC(=O)CCC(=O)NC(=S)Nc1ccc(S(=O)(=O)Nc2ccc(C)c(C)c2)cc1. The first-order valence-electron chi connectivity index (χ1n) is 10.1. The van der Waals surface area contributed by atoms with E-state index in [-0.39, 0.29) is 22.8 Å². The second-order valence-electron chi connectivity index (χ2n) is 7.15. The first-order chi connectivity index (χ1) is 15.1. The molecule has 3 N–H and O–H groups in total. The normalized spacial score (nSPS) is 10.8. The van der Waals surface area contributed by atoms with E-state index in [2.05, 4.69) is 15.4 Å². The highest BCUT2D eigenvalue weighted by molar-refractivity contribution is 7.92. The summed E-state index contributed by atoms with van der Waals surface area (Å²) in [5, 5.41) is 5.32. The number of nitrogens with one attached hydrogen (secondary N) is 3. The lowest BCUT2D eigenvalue weighted by atomic mass is 10.1. The predicted molar refractivity (Wildman–Crippen MR) is 128 cm³/mol. The Kier molecular flexibility index (Phi) is 9.15. The van der Waals surface area contributed by atoms with Crippen molar-refractivity contribution < 1.29 is 22.7 Å². The minimum absolute atomic E-state index is 0.0332. The zero-order valence-electron chi connectivity index (χ0n) is 18.2. The Morgan fingerprint density at radius 2 is 1.62 bits per heavy atom. The molecule has 1 amide bonds. The number of carbonyl (C=O) groups is 2. The van der Waals surface area contributed by atoms with Crippen LogP contribution in [0.2, 0.25) is 0 Å². The smallest absolute Gasteiger partial charge is 0.306 e. The van der Waals surface area contributed by atoms with Gasteiger partial charge in [-0.2, -0.15) is 0 Å². The second kappa shape index (κ2) is 11.6. The average Bonchev–Trinajstić information content (AvgIpc) is 2.73. The van der Waals surface area contributed by atoms with E-state index in [0.29, 0.717) is 24.4 Å². The Morgan fingerprint density at radius 3 is 2.25 bits per heavy atom. The average molecular weight is 478 g/mol. The molecule has 0 atom stereocenters. The van der Waals surface area contributed by atoms with E-state index < -0.39 is 21.9 Å². The van der Waals surface area contributed by atoms with E-state index in [0.717, 1.165) is 11.1 Å². The summed E-state index contributed by atoms with van der Waals surface area (Å²) in [4.78, 5) is 23.4. The van der Waals surface area contributed by atoms with E-state index >= 15 is 0 Å². The molecular weight excluding hydrogens is 450 g/mol. The van der Waals surface area contributed by atoms with Crippen LogP contribution >= 0.6 is 12.2 Å². The van der Waals surface area contributed by atoms with Crippen molar-refractivity contribution in [2.24, 2.45) is 0 Å². The molecule has 0 fully saturated rings. The van der Waals surface area contributed by atoms with Crippen molar-refractivity contribution in [1.82, 2.24) is 5.32 Å². The molecule has 0 saturated heterocycles. The molecule has 0 spiro atoms. The largest absolute Gasteiger partial charge is 0.466 e. The van der Waals surface area contributed by atoms with Crippen LogP contribution in [0.25, 0.3) is 0 Å². The van der Waals surface area contributed by atoms with Crippen LogP contribution in [-0.4, -0.2) is 32.0 Å². The molecule has 0 aliphatic heterocycles. The number of benzene rings is 2. The molecular formula is C22H27N3O5S2. The van der Waals surface area contributed by atoms with Gasteiger partial charge >= 0.3 is 5.97 Å². The summed E-state index contributed by atoms with van der Waals surface area (Å²) in [7, 11) is -3.75. The van der Waals surface area contributed by atoms with Gasteiger partial charge in [-0.05, 0) is 80.0 Å². The molecule has 2 aromatic rings. The van der Waals surface area contributed by atoms with Gasteiger partial charge in [-0.3, -0.25) is 14.3 Å². The first kappa shape index (κ1) is 25.3. The van der Waals surface area contributed by atoms with Gasteiger partial charge in [-0.1, -0.05) is 13.0 Å². The molecule has 10 heteroatoms. The van der Waals surface area contributed by atoms with Gasteiger partial charge in [0.05, 0.1) is 17.9 Å². The van der Waals surface area contributed by atoms with Gasteiger partial charge in [0, 0.05) is 17.8 Å². The van der Waals surface area contributed by atoms with Crippen LogP contribution in [-0.2, 0) is 24.3 Å². The maximum atomic E-state index is 12.6. The summed E-state index contributed by atoms with van der Waals surface area (Å²) in [6.07, 6.45) is 0.633.